The number of alkyl halides is 3. The molecule has 0 aliphatic rings. The van der Waals surface area contributed by atoms with E-state index in [1.807, 2.05) is 0 Å². The Morgan fingerprint density at radius 2 is 1.94 bits per heavy atom. The predicted molar refractivity (Wildman–Crippen MR) is 54.2 cm³/mol. The first-order chi connectivity index (χ1) is 8.09. The molecule has 1 unspecified atom stereocenters. The number of carbonyl (C=O) groups is 2. The monoisotopic (exact) mass is 283 g/mol. The second-order valence-corrected chi connectivity index (χ2v) is 4.32. The number of aliphatic carboxylic acids is 1. The van der Waals surface area contributed by atoms with Crippen LogP contribution in [-0.4, -0.2) is 38.3 Å². The number of rotatable bonds is 3. The fourth-order valence-electron chi connectivity index (χ4n) is 0.969. The van der Waals surface area contributed by atoms with E-state index in [4.69, 9.17) is 5.11 Å². The molecule has 1 rings (SSSR count). The van der Waals surface area contributed by atoms with Crippen LogP contribution in [0.15, 0.2) is 0 Å². The van der Waals surface area contributed by atoms with Gasteiger partial charge in [0.15, 0.2) is 0 Å². The zero-order chi connectivity index (χ0) is 14.1. The molecule has 0 bridgehead atoms. The van der Waals surface area contributed by atoms with Gasteiger partial charge in [-0.1, -0.05) is 4.49 Å². The minimum absolute atomic E-state index is 0.132. The molecule has 1 aromatic rings. The van der Waals surface area contributed by atoms with Gasteiger partial charge in [0.05, 0.1) is 5.69 Å². The van der Waals surface area contributed by atoms with Crippen molar-refractivity contribution in [3.05, 3.63) is 10.6 Å². The quantitative estimate of drug-likeness (QED) is 0.862. The summed E-state index contributed by atoms with van der Waals surface area (Å²) >= 11 is 0.587. The third-order valence-corrected chi connectivity index (χ3v) is 3.04. The summed E-state index contributed by atoms with van der Waals surface area (Å²) in [6, 6.07) is 0. The summed E-state index contributed by atoms with van der Waals surface area (Å²) in [6.45, 7) is 1.75. The summed E-state index contributed by atoms with van der Waals surface area (Å²) in [7, 11) is 0. The van der Waals surface area contributed by atoms with Crippen molar-refractivity contribution in [3.63, 3.8) is 0 Å². The van der Waals surface area contributed by atoms with Gasteiger partial charge in [-0.15, -0.1) is 5.10 Å². The Balaban J connectivity index is 3.04. The van der Waals surface area contributed by atoms with Crippen LogP contribution in [0.1, 0.15) is 22.3 Å². The molecule has 0 saturated carbocycles. The summed E-state index contributed by atoms with van der Waals surface area (Å²) in [5, 5.41) is 13.5. The highest BCUT2D eigenvalue weighted by molar-refractivity contribution is 7.08. The molecule has 1 amide bonds. The van der Waals surface area contributed by atoms with Crippen molar-refractivity contribution in [2.45, 2.75) is 25.6 Å². The number of aromatic nitrogens is 2. The second-order valence-electron chi connectivity index (χ2n) is 3.57. The topological polar surface area (TPSA) is 92.2 Å². The molecule has 0 spiro atoms. The predicted octanol–water partition coefficient (Wildman–Crippen LogP) is 0.982. The van der Waals surface area contributed by atoms with Crippen molar-refractivity contribution in [2.75, 3.05) is 0 Å². The molecule has 1 aromatic heterocycles. The molecule has 0 aromatic carbocycles. The molecule has 2 N–H and O–H groups in total. The first-order valence-corrected chi connectivity index (χ1v) is 5.28. The van der Waals surface area contributed by atoms with Crippen molar-refractivity contribution >= 4 is 23.4 Å². The first kappa shape index (κ1) is 14.4. The highest BCUT2D eigenvalue weighted by atomic mass is 32.1. The maximum absolute atomic E-state index is 12.6. The van der Waals surface area contributed by atoms with E-state index >= 15 is 0 Å². The number of hydrogen-bond acceptors (Lipinski definition) is 5. The van der Waals surface area contributed by atoms with Gasteiger partial charge in [-0.05, 0) is 25.4 Å². The number of nitrogens with zero attached hydrogens (tertiary/aromatic N) is 2. The van der Waals surface area contributed by atoms with Gasteiger partial charge in [-0.3, -0.25) is 4.79 Å². The molecule has 0 fully saturated rings. The smallest absolute Gasteiger partial charge is 0.422 e. The molecule has 100 valence electrons. The van der Waals surface area contributed by atoms with Crippen LogP contribution in [0.5, 0.6) is 0 Å². The Bertz CT molecular complexity index is 487. The molecule has 1 atom stereocenters. The minimum atomic E-state index is -5.12. The van der Waals surface area contributed by atoms with Gasteiger partial charge in [0, 0.05) is 0 Å². The normalized spacial score (nSPS) is 14.9. The molecule has 0 aliphatic carbocycles. The van der Waals surface area contributed by atoms with E-state index in [9.17, 15) is 22.8 Å². The number of nitrogens with one attached hydrogen (secondary N) is 1. The van der Waals surface area contributed by atoms with Gasteiger partial charge in [0.25, 0.3) is 5.91 Å². The van der Waals surface area contributed by atoms with E-state index in [1.54, 1.807) is 0 Å². The highest BCUT2D eigenvalue weighted by Gasteiger charge is 2.58. The van der Waals surface area contributed by atoms with Crippen LogP contribution in [0, 0.1) is 6.92 Å². The van der Waals surface area contributed by atoms with E-state index in [0.29, 0.717) is 18.5 Å². The summed E-state index contributed by atoms with van der Waals surface area (Å²) in [5.74, 6) is -3.37. The van der Waals surface area contributed by atoms with Crippen molar-refractivity contribution in [2.24, 2.45) is 0 Å². The minimum Gasteiger partial charge on any atom is -0.479 e. The lowest BCUT2D eigenvalue weighted by Gasteiger charge is -2.28. The van der Waals surface area contributed by atoms with Crippen LogP contribution in [0.25, 0.3) is 0 Å². The van der Waals surface area contributed by atoms with Crippen LogP contribution in [0.2, 0.25) is 0 Å². The Morgan fingerprint density at radius 3 is 2.28 bits per heavy atom. The number of hydrogen-bond donors (Lipinski definition) is 2. The highest BCUT2D eigenvalue weighted by Crippen LogP contribution is 2.31. The van der Waals surface area contributed by atoms with Crippen molar-refractivity contribution < 1.29 is 27.9 Å². The maximum atomic E-state index is 12.6. The molecule has 1 heterocycles. The van der Waals surface area contributed by atoms with E-state index in [-0.39, 0.29) is 10.6 Å². The number of aryl methyl sites for hydroxylation is 1. The van der Waals surface area contributed by atoms with Crippen LogP contribution in [0.4, 0.5) is 13.2 Å². The van der Waals surface area contributed by atoms with Gasteiger partial charge < -0.3 is 10.4 Å². The van der Waals surface area contributed by atoms with Crippen LogP contribution in [-0.2, 0) is 4.79 Å². The van der Waals surface area contributed by atoms with Crippen molar-refractivity contribution in [1.29, 1.82) is 0 Å². The van der Waals surface area contributed by atoms with Gasteiger partial charge in [-0.2, -0.15) is 13.2 Å². The second kappa shape index (κ2) is 4.52. The Kier molecular flexibility index (Phi) is 3.60. The summed E-state index contributed by atoms with van der Waals surface area (Å²) in [4.78, 5) is 22.1. The standard InChI is InChI=1S/C8H8F3N3O3S/c1-3-4(18-14-13-3)5(15)12-7(2,6(16)17)8(9,10)11/h1-2H3,(H,12,15)(H,16,17). The molecule has 10 heteroatoms. The third-order valence-electron chi connectivity index (χ3n) is 2.22. The largest absolute Gasteiger partial charge is 0.479 e. The number of carbonyl (C=O) groups excluding carboxylic acids is 1. The number of carboxylic acids is 1. The third kappa shape index (κ3) is 2.42. The maximum Gasteiger partial charge on any atom is 0.422 e. The lowest BCUT2D eigenvalue weighted by atomic mass is 10.0. The van der Waals surface area contributed by atoms with E-state index < -0.39 is 23.6 Å². The summed E-state index contributed by atoms with van der Waals surface area (Å²) in [5.41, 5.74) is -3.23. The molecule has 0 radical (unpaired) electrons. The van der Waals surface area contributed by atoms with Crippen molar-refractivity contribution in [3.8, 4) is 0 Å². The Labute approximate surface area is 103 Å². The number of amides is 1. The average molecular weight is 283 g/mol. The molecule has 6 nitrogen and oxygen atoms in total. The van der Waals surface area contributed by atoms with Crippen LogP contribution >= 0.6 is 11.5 Å². The zero-order valence-corrected chi connectivity index (χ0v) is 10.0. The van der Waals surface area contributed by atoms with E-state index in [0.717, 1.165) is 0 Å². The fraction of sp³-hybridized carbons (Fsp3) is 0.500. The summed E-state index contributed by atoms with van der Waals surface area (Å²) in [6.07, 6.45) is -5.12. The number of halogens is 3. The molecule has 18 heavy (non-hydrogen) atoms. The Hall–Kier alpha value is -1.71. The molecular formula is C8H8F3N3O3S. The van der Waals surface area contributed by atoms with Gasteiger partial charge >= 0.3 is 12.1 Å². The SMILES string of the molecule is Cc1nnsc1C(=O)NC(C)(C(=O)O)C(F)(F)F. The first-order valence-electron chi connectivity index (χ1n) is 4.51. The molecule has 0 aliphatic heterocycles. The van der Waals surface area contributed by atoms with Crippen LogP contribution in [0.3, 0.4) is 0 Å². The lowest BCUT2D eigenvalue weighted by molar-refractivity contribution is -0.203. The van der Waals surface area contributed by atoms with Gasteiger partial charge in [0.1, 0.15) is 4.88 Å². The number of carboxylic acid groups (broad SMARTS) is 1. The Morgan fingerprint density at radius 1 is 1.39 bits per heavy atom. The zero-order valence-electron chi connectivity index (χ0n) is 9.20. The van der Waals surface area contributed by atoms with E-state index in [2.05, 4.69) is 9.59 Å². The average Bonchev–Trinajstić information content (AvgIpc) is 2.62. The molecular weight excluding hydrogens is 275 g/mol. The van der Waals surface area contributed by atoms with E-state index in [1.165, 1.54) is 12.2 Å². The van der Waals surface area contributed by atoms with Crippen LogP contribution < -0.4 is 5.32 Å². The van der Waals surface area contributed by atoms with Crippen molar-refractivity contribution in [1.82, 2.24) is 14.9 Å². The van der Waals surface area contributed by atoms with Gasteiger partial charge in [0.2, 0.25) is 5.54 Å². The fourth-order valence-corrected chi connectivity index (χ4v) is 1.52. The summed E-state index contributed by atoms with van der Waals surface area (Å²) < 4.78 is 41.3. The molecule has 0 saturated heterocycles. The van der Waals surface area contributed by atoms with Gasteiger partial charge in [-0.25, -0.2) is 4.79 Å². The lowest BCUT2D eigenvalue weighted by Crippen LogP contribution is -2.61.